The smallest absolute Gasteiger partial charge is 0.258 e. The summed E-state index contributed by atoms with van der Waals surface area (Å²) in [6, 6.07) is 10.8. The number of likely N-dealkylation sites (tertiary alicyclic amines) is 1. The summed E-state index contributed by atoms with van der Waals surface area (Å²) >= 11 is 1.37. The molecule has 1 aromatic heterocycles. The van der Waals surface area contributed by atoms with E-state index < -0.39 is 5.91 Å². The number of benzene rings is 1. The molecule has 3 rings (SSSR count). The van der Waals surface area contributed by atoms with Gasteiger partial charge in [-0.25, -0.2) is 0 Å². The van der Waals surface area contributed by atoms with E-state index in [0.29, 0.717) is 29.3 Å². The van der Waals surface area contributed by atoms with Crippen molar-refractivity contribution in [2.75, 3.05) is 13.2 Å². The third kappa shape index (κ3) is 3.96. The minimum Gasteiger partial charge on any atom is -0.489 e. The summed E-state index contributed by atoms with van der Waals surface area (Å²) in [7, 11) is 0. The number of nitrogens with two attached hydrogens (primary N) is 1. The molecule has 0 spiro atoms. The molecule has 2 amide bonds. The van der Waals surface area contributed by atoms with Crippen molar-refractivity contribution in [2.45, 2.75) is 25.8 Å². The molecular weight excluding hydrogens is 348 g/mol. The number of primary amides is 1. The Balaban J connectivity index is 1.78. The van der Waals surface area contributed by atoms with Crippen LogP contribution >= 0.6 is 11.3 Å². The second kappa shape index (κ2) is 7.74. The number of hydrogen-bond acceptors (Lipinski definition) is 4. The predicted molar refractivity (Wildman–Crippen MR) is 103 cm³/mol. The van der Waals surface area contributed by atoms with Crippen LogP contribution in [0.4, 0.5) is 0 Å². The van der Waals surface area contributed by atoms with Gasteiger partial charge in [-0.2, -0.15) is 0 Å². The lowest BCUT2D eigenvalue weighted by Gasteiger charge is -2.24. The minimum atomic E-state index is -0.431. The van der Waals surface area contributed by atoms with Gasteiger partial charge in [-0.3, -0.25) is 9.59 Å². The molecule has 1 aliphatic rings. The van der Waals surface area contributed by atoms with Gasteiger partial charge >= 0.3 is 0 Å². The fourth-order valence-electron chi connectivity index (χ4n) is 3.06. The Morgan fingerprint density at radius 1 is 1.35 bits per heavy atom. The van der Waals surface area contributed by atoms with Crippen molar-refractivity contribution in [3.8, 4) is 5.75 Å². The highest BCUT2D eigenvalue weighted by Gasteiger charge is 2.32. The highest BCUT2D eigenvalue weighted by Crippen LogP contribution is 2.37. The highest BCUT2D eigenvalue weighted by atomic mass is 32.1. The Kier molecular flexibility index (Phi) is 5.42. The van der Waals surface area contributed by atoms with Crippen LogP contribution in [0, 0.1) is 0 Å². The molecule has 1 saturated heterocycles. The zero-order valence-electron chi connectivity index (χ0n) is 14.7. The zero-order valence-corrected chi connectivity index (χ0v) is 15.6. The lowest BCUT2D eigenvalue weighted by Crippen LogP contribution is -2.30. The molecule has 2 N–H and O–H groups in total. The van der Waals surface area contributed by atoms with Crippen LogP contribution in [0.5, 0.6) is 5.75 Å². The van der Waals surface area contributed by atoms with Gasteiger partial charge in [0.05, 0.1) is 10.9 Å². The van der Waals surface area contributed by atoms with Crippen LogP contribution in [0.25, 0.3) is 0 Å². The van der Waals surface area contributed by atoms with Crippen molar-refractivity contribution < 1.29 is 14.3 Å². The summed E-state index contributed by atoms with van der Waals surface area (Å²) in [5.41, 5.74) is 6.87. The number of hydrogen-bond donors (Lipinski definition) is 1. The summed E-state index contributed by atoms with van der Waals surface area (Å²) in [4.78, 5) is 27.8. The van der Waals surface area contributed by atoms with Crippen molar-refractivity contribution in [1.82, 2.24) is 4.90 Å². The molecule has 1 aliphatic heterocycles. The number of rotatable bonds is 6. The van der Waals surface area contributed by atoms with Crippen LogP contribution in [-0.2, 0) is 0 Å². The number of nitrogens with zero attached hydrogens (tertiary/aromatic N) is 1. The van der Waals surface area contributed by atoms with Gasteiger partial charge in [0, 0.05) is 17.0 Å². The van der Waals surface area contributed by atoms with Crippen molar-refractivity contribution in [1.29, 1.82) is 0 Å². The maximum Gasteiger partial charge on any atom is 0.258 e. The quantitative estimate of drug-likeness (QED) is 0.787. The van der Waals surface area contributed by atoms with Crippen LogP contribution in [0.3, 0.4) is 0 Å². The second-order valence-electron chi connectivity index (χ2n) is 6.50. The Labute approximate surface area is 157 Å². The van der Waals surface area contributed by atoms with E-state index in [1.54, 1.807) is 18.2 Å². The summed E-state index contributed by atoms with van der Waals surface area (Å²) < 4.78 is 5.64. The van der Waals surface area contributed by atoms with Crippen LogP contribution in [0.1, 0.15) is 50.7 Å². The van der Waals surface area contributed by atoms with Gasteiger partial charge in [0.2, 0.25) is 0 Å². The zero-order chi connectivity index (χ0) is 18.7. The first-order valence-electron chi connectivity index (χ1n) is 8.53. The lowest BCUT2D eigenvalue weighted by molar-refractivity contribution is 0.0737. The SMILES string of the molecule is C=C(C)COc1cccc(C(=O)N2CCC[C@@H]2c2ccc(C(N)=O)s2)c1. The number of carbonyl (C=O) groups is 2. The normalized spacial score (nSPS) is 16.5. The van der Waals surface area contributed by atoms with Gasteiger partial charge in [0.25, 0.3) is 11.8 Å². The van der Waals surface area contributed by atoms with Gasteiger partial charge in [-0.1, -0.05) is 12.6 Å². The van der Waals surface area contributed by atoms with Crippen molar-refractivity contribution in [3.63, 3.8) is 0 Å². The molecule has 5 nitrogen and oxygen atoms in total. The summed E-state index contributed by atoms with van der Waals surface area (Å²) in [5, 5.41) is 0. The first-order chi connectivity index (χ1) is 12.5. The molecule has 1 aromatic carbocycles. The third-order valence-corrected chi connectivity index (χ3v) is 5.48. The molecule has 1 atom stereocenters. The van der Waals surface area contributed by atoms with Crippen molar-refractivity contribution in [2.24, 2.45) is 5.73 Å². The Bertz CT molecular complexity index is 843. The van der Waals surface area contributed by atoms with Gasteiger partial charge in [-0.15, -0.1) is 11.3 Å². The maximum absolute atomic E-state index is 13.0. The third-order valence-electron chi connectivity index (χ3n) is 4.28. The summed E-state index contributed by atoms with van der Waals surface area (Å²) in [6.07, 6.45) is 1.82. The average Bonchev–Trinajstić information content (AvgIpc) is 3.28. The molecule has 0 bridgehead atoms. The standard InChI is InChI=1S/C20H22N2O3S/c1-13(2)12-25-15-6-3-5-14(11-15)20(24)22-10-4-7-16(22)17-8-9-18(26-17)19(21)23/h3,5-6,8-9,11,16H,1,4,7,10,12H2,2H3,(H2,21,23)/t16-/m1/s1. The first-order valence-corrected chi connectivity index (χ1v) is 9.35. The number of thiophene rings is 1. The summed E-state index contributed by atoms with van der Waals surface area (Å²) in [6.45, 7) is 6.83. The van der Waals surface area contributed by atoms with Crippen LogP contribution in [0.2, 0.25) is 0 Å². The second-order valence-corrected chi connectivity index (χ2v) is 7.61. The van der Waals surface area contributed by atoms with E-state index in [1.807, 2.05) is 30.0 Å². The van der Waals surface area contributed by atoms with E-state index >= 15 is 0 Å². The molecule has 0 unspecified atom stereocenters. The number of amides is 2. The van der Waals surface area contributed by atoms with E-state index in [-0.39, 0.29) is 11.9 Å². The largest absolute Gasteiger partial charge is 0.489 e. The van der Waals surface area contributed by atoms with E-state index in [2.05, 4.69) is 6.58 Å². The fourth-order valence-corrected chi connectivity index (χ4v) is 4.07. The molecule has 2 aromatic rings. The maximum atomic E-state index is 13.0. The average molecular weight is 370 g/mol. The van der Waals surface area contributed by atoms with E-state index in [0.717, 1.165) is 23.3 Å². The van der Waals surface area contributed by atoms with Gasteiger partial charge in [0.15, 0.2) is 0 Å². The molecule has 26 heavy (non-hydrogen) atoms. The van der Waals surface area contributed by atoms with Crippen LogP contribution < -0.4 is 10.5 Å². The van der Waals surface area contributed by atoms with Crippen LogP contribution in [-0.4, -0.2) is 29.9 Å². The van der Waals surface area contributed by atoms with Gasteiger partial charge in [-0.05, 0) is 55.7 Å². The number of carbonyl (C=O) groups excluding carboxylic acids is 2. The summed E-state index contributed by atoms with van der Waals surface area (Å²) in [5.74, 6) is 0.198. The Hall–Kier alpha value is -2.60. The molecule has 1 fully saturated rings. The van der Waals surface area contributed by atoms with Crippen molar-refractivity contribution in [3.05, 3.63) is 63.9 Å². The molecule has 2 heterocycles. The molecule has 136 valence electrons. The molecular formula is C20H22N2O3S. The topological polar surface area (TPSA) is 72.6 Å². The Morgan fingerprint density at radius 2 is 2.15 bits per heavy atom. The highest BCUT2D eigenvalue weighted by molar-refractivity contribution is 7.14. The van der Waals surface area contributed by atoms with Gasteiger partial charge < -0.3 is 15.4 Å². The monoisotopic (exact) mass is 370 g/mol. The first kappa shape index (κ1) is 18.2. The molecule has 0 radical (unpaired) electrons. The minimum absolute atomic E-state index is 0.0133. The predicted octanol–water partition coefficient (Wildman–Crippen LogP) is 3.78. The molecule has 0 aliphatic carbocycles. The van der Waals surface area contributed by atoms with Crippen molar-refractivity contribution >= 4 is 23.2 Å². The van der Waals surface area contributed by atoms with E-state index in [9.17, 15) is 9.59 Å². The lowest BCUT2D eigenvalue weighted by atomic mass is 10.1. The van der Waals surface area contributed by atoms with E-state index in [4.69, 9.17) is 10.5 Å². The molecule has 0 saturated carbocycles. The fraction of sp³-hybridized carbons (Fsp3) is 0.300. The molecule has 6 heteroatoms. The van der Waals surface area contributed by atoms with Crippen LogP contribution in [0.15, 0.2) is 48.6 Å². The van der Waals surface area contributed by atoms with E-state index in [1.165, 1.54) is 11.3 Å². The Morgan fingerprint density at radius 3 is 2.85 bits per heavy atom. The van der Waals surface area contributed by atoms with Gasteiger partial charge in [0.1, 0.15) is 12.4 Å². The number of ether oxygens (including phenoxy) is 1.